The second kappa shape index (κ2) is 3.95. The second-order valence-electron chi connectivity index (χ2n) is 4.21. The van der Waals surface area contributed by atoms with Gasteiger partial charge < -0.3 is 5.11 Å². The molecular formula is C12H16OS. The molecule has 0 amide bonds. The van der Waals surface area contributed by atoms with Crippen LogP contribution in [-0.2, 0) is 6.42 Å². The van der Waals surface area contributed by atoms with Crippen LogP contribution in [0, 0.1) is 0 Å². The molecule has 0 saturated carbocycles. The SMILES string of the molecule is CC1CC(O)(Cc2ccccc2)CS1. The van der Waals surface area contributed by atoms with Crippen LogP contribution >= 0.6 is 11.8 Å². The largest absolute Gasteiger partial charge is 0.389 e. The summed E-state index contributed by atoms with van der Waals surface area (Å²) in [6.07, 6.45) is 1.72. The lowest BCUT2D eigenvalue weighted by atomic mass is 9.92. The van der Waals surface area contributed by atoms with Crippen LogP contribution in [0.3, 0.4) is 0 Å². The van der Waals surface area contributed by atoms with Gasteiger partial charge in [0.1, 0.15) is 0 Å². The highest BCUT2D eigenvalue weighted by Crippen LogP contribution is 2.36. The van der Waals surface area contributed by atoms with Crippen LogP contribution in [0.25, 0.3) is 0 Å². The Morgan fingerprint density at radius 2 is 2.14 bits per heavy atom. The van der Waals surface area contributed by atoms with Gasteiger partial charge in [0.05, 0.1) is 5.60 Å². The van der Waals surface area contributed by atoms with E-state index in [0.717, 1.165) is 18.6 Å². The molecule has 2 heteroatoms. The van der Waals surface area contributed by atoms with Crippen LogP contribution in [0.15, 0.2) is 30.3 Å². The van der Waals surface area contributed by atoms with Crippen LogP contribution in [-0.4, -0.2) is 21.7 Å². The molecule has 1 aliphatic rings. The fraction of sp³-hybridized carbons (Fsp3) is 0.500. The van der Waals surface area contributed by atoms with Crippen molar-refractivity contribution in [3.05, 3.63) is 35.9 Å². The molecule has 1 saturated heterocycles. The van der Waals surface area contributed by atoms with E-state index < -0.39 is 5.60 Å². The Hall–Kier alpha value is -0.470. The topological polar surface area (TPSA) is 20.2 Å². The van der Waals surface area contributed by atoms with Gasteiger partial charge in [-0.25, -0.2) is 0 Å². The summed E-state index contributed by atoms with van der Waals surface area (Å²) in [7, 11) is 0. The van der Waals surface area contributed by atoms with E-state index in [-0.39, 0.29) is 0 Å². The van der Waals surface area contributed by atoms with E-state index in [0.29, 0.717) is 5.25 Å². The Kier molecular flexibility index (Phi) is 2.84. The van der Waals surface area contributed by atoms with Gasteiger partial charge >= 0.3 is 0 Å². The molecule has 0 bridgehead atoms. The van der Waals surface area contributed by atoms with Gasteiger partial charge in [-0.15, -0.1) is 0 Å². The van der Waals surface area contributed by atoms with Gasteiger partial charge in [-0.05, 0) is 12.0 Å². The molecule has 0 aromatic heterocycles. The molecule has 2 atom stereocenters. The Morgan fingerprint density at radius 1 is 1.43 bits per heavy atom. The molecule has 0 radical (unpaired) electrons. The van der Waals surface area contributed by atoms with E-state index in [1.54, 1.807) is 0 Å². The first kappa shape index (κ1) is 10.1. The molecule has 14 heavy (non-hydrogen) atoms. The van der Waals surface area contributed by atoms with Crippen molar-refractivity contribution in [2.75, 3.05) is 5.75 Å². The summed E-state index contributed by atoms with van der Waals surface area (Å²) in [5.41, 5.74) is 0.774. The van der Waals surface area contributed by atoms with Crippen LogP contribution in [0.5, 0.6) is 0 Å². The maximum atomic E-state index is 10.3. The zero-order valence-corrected chi connectivity index (χ0v) is 9.26. The van der Waals surface area contributed by atoms with Crippen LogP contribution in [0.1, 0.15) is 18.9 Å². The molecule has 0 spiro atoms. The molecule has 2 rings (SSSR count). The average Bonchev–Trinajstić information content (AvgIpc) is 2.47. The van der Waals surface area contributed by atoms with Crippen molar-refractivity contribution in [3.8, 4) is 0 Å². The van der Waals surface area contributed by atoms with E-state index in [1.807, 2.05) is 30.0 Å². The summed E-state index contributed by atoms with van der Waals surface area (Å²) < 4.78 is 0. The normalized spacial score (nSPS) is 32.0. The molecule has 1 heterocycles. The highest BCUT2D eigenvalue weighted by molar-refractivity contribution is 8.00. The smallest absolute Gasteiger partial charge is 0.0788 e. The van der Waals surface area contributed by atoms with Crippen molar-refractivity contribution in [2.45, 2.75) is 30.6 Å². The lowest BCUT2D eigenvalue weighted by molar-refractivity contribution is 0.0642. The third-order valence-electron chi connectivity index (χ3n) is 2.68. The first-order valence-corrected chi connectivity index (χ1v) is 6.11. The molecule has 1 aromatic carbocycles. The van der Waals surface area contributed by atoms with Gasteiger partial charge in [-0.3, -0.25) is 0 Å². The highest BCUT2D eigenvalue weighted by Gasteiger charge is 2.35. The molecule has 76 valence electrons. The van der Waals surface area contributed by atoms with Crippen LogP contribution in [0.2, 0.25) is 0 Å². The maximum Gasteiger partial charge on any atom is 0.0788 e. The lowest BCUT2D eigenvalue weighted by Crippen LogP contribution is -2.31. The minimum atomic E-state index is -0.467. The molecule has 1 N–H and O–H groups in total. The molecular weight excluding hydrogens is 192 g/mol. The van der Waals surface area contributed by atoms with Gasteiger partial charge in [-0.2, -0.15) is 11.8 Å². The summed E-state index contributed by atoms with van der Waals surface area (Å²) in [5.74, 6) is 0.878. The average molecular weight is 208 g/mol. The second-order valence-corrected chi connectivity index (χ2v) is 5.64. The van der Waals surface area contributed by atoms with Gasteiger partial charge in [0.2, 0.25) is 0 Å². The van der Waals surface area contributed by atoms with Crippen molar-refractivity contribution in [1.82, 2.24) is 0 Å². The van der Waals surface area contributed by atoms with Crippen LogP contribution in [0.4, 0.5) is 0 Å². The summed E-state index contributed by atoms with van der Waals surface area (Å²) in [5, 5.41) is 10.9. The summed E-state index contributed by atoms with van der Waals surface area (Å²) in [6.45, 7) is 2.19. The molecule has 1 aliphatic heterocycles. The third-order valence-corrected chi connectivity index (χ3v) is 4.12. The molecule has 1 aromatic rings. The number of hydrogen-bond acceptors (Lipinski definition) is 2. The minimum absolute atomic E-state index is 0.467. The predicted octanol–water partition coefficient (Wildman–Crippen LogP) is 2.49. The summed E-state index contributed by atoms with van der Waals surface area (Å²) in [6, 6.07) is 10.3. The van der Waals surface area contributed by atoms with Crippen LogP contribution < -0.4 is 0 Å². The van der Waals surface area contributed by atoms with E-state index >= 15 is 0 Å². The van der Waals surface area contributed by atoms with Gasteiger partial charge in [0.15, 0.2) is 0 Å². The lowest BCUT2D eigenvalue weighted by Gasteiger charge is -2.21. The van der Waals surface area contributed by atoms with E-state index in [9.17, 15) is 5.11 Å². The monoisotopic (exact) mass is 208 g/mol. The minimum Gasteiger partial charge on any atom is -0.389 e. The first-order chi connectivity index (χ1) is 6.68. The van der Waals surface area contributed by atoms with Crippen molar-refractivity contribution >= 4 is 11.8 Å². The zero-order chi connectivity index (χ0) is 10.0. The third kappa shape index (κ3) is 2.31. The summed E-state index contributed by atoms with van der Waals surface area (Å²) >= 11 is 1.87. The van der Waals surface area contributed by atoms with Gasteiger partial charge in [-0.1, -0.05) is 37.3 Å². The quantitative estimate of drug-likeness (QED) is 0.805. The Balaban J connectivity index is 2.04. The predicted molar refractivity (Wildman–Crippen MR) is 61.6 cm³/mol. The van der Waals surface area contributed by atoms with Gasteiger partial charge in [0.25, 0.3) is 0 Å². The summed E-state index contributed by atoms with van der Waals surface area (Å²) in [4.78, 5) is 0. The number of thioether (sulfide) groups is 1. The fourth-order valence-corrected chi connectivity index (χ4v) is 3.29. The number of aliphatic hydroxyl groups is 1. The van der Waals surface area contributed by atoms with Crippen molar-refractivity contribution in [2.24, 2.45) is 0 Å². The first-order valence-electron chi connectivity index (χ1n) is 5.06. The van der Waals surface area contributed by atoms with E-state index in [4.69, 9.17) is 0 Å². The number of hydrogen-bond donors (Lipinski definition) is 1. The zero-order valence-electron chi connectivity index (χ0n) is 8.44. The van der Waals surface area contributed by atoms with Gasteiger partial charge in [0, 0.05) is 17.4 Å². The Morgan fingerprint density at radius 3 is 2.71 bits per heavy atom. The molecule has 0 aliphatic carbocycles. The Labute approximate surface area is 89.5 Å². The standard InChI is InChI=1S/C12H16OS/c1-10-7-12(13,9-14-10)8-11-5-3-2-4-6-11/h2-6,10,13H,7-9H2,1H3. The van der Waals surface area contributed by atoms with Crippen molar-refractivity contribution in [1.29, 1.82) is 0 Å². The number of benzene rings is 1. The van der Waals surface area contributed by atoms with E-state index in [1.165, 1.54) is 5.56 Å². The fourth-order valence-electron chi connectivity index (χ4n) is 2.05. The molecule has 2 unspecified atom stereocenters. The maximum absolute atomic E-state index is 10.3. The highest BCUT2D eigenvalue weighted by atomic mass is 32.2. The van der Waals surface area contributed by atoms with Crippen molar-refractivity contribution < 1.29 is 5.11 Å². The molecule has 1 nitrogen and oxygen atoms in total. The number of rotatable bonds is 2. The van der Waals surface area contributed by atoms with E-state index in [2.05, 4.69) is 19.1 Å². The Bertz CT molecular complexity index is 298. The molecule has 1 fully saturated rings. The van der Waals surface area contributed by atoms with Crippen molar-refractivity contribution in [3.63, 3.8) is 0 Å².